The Morgan fingerprint density at radius 2 is 1.90 bits per heavy atom. The lowest BCUT2D eigenvalue weighted by Gasteiger charge is -2.35. The van der Waals surface area contributed by atoms with Crippen LogP contribution in [0.5, 0.6) is 0 Å². The maximum absolute atomic E-state index is 11.9. The molecule has 1 N–H and O–H groups in total. The van der Waals surface area contributed by atoms with Crippen LogP contribution in [-0.2, 0) is 0 Å². The third kappa shape index (κ3) is 3.06. The number of nitrogens with one attached hydrogen (secondary N) is 1. The van der Waals surface area contributed by atoms with Crippen molar-refractivity contribution in [2.45, 2.75) is 44.9 Å². The molecular weight excluding hydrogens is 250 g/mol. The first-order chi connectivity index (χ1) is 9.83. The van der Waals surface area contributed by atoms with E-state index in [1.54, 1.807) is 24.5 Å². The molecule has 0 saturated heterocycles. The lowest BCUT2D eigenvalue weighted by atomic mass is 9.70. The fraction of sp³-hybridized carbons (Fsp3) is 0.562. The van der Waals surface area contributed by atoms with Crippen molar-refractivity contribution in [1.82, 2.24) is 10.4 Å². The normalized spacial score (nSPS) is 27.9. The minimum atomic E-state index is -0.148. The average Bonchev–Trinajstić information content (AvgIpc) is 2.53. The van der Waals surface area contributed by atoms with E-state index in [9.17, 15) is 4.79 Å². The second-order valence-corrected chi connectivity index (χ2v) is 5.90. The molecule has 0 unspecified atom stereocenters. The van der Waals surface area contributed by atoms with Gasteiger partial charge >= 0.3 is 0 Å². The number of hydrazone groups is 1. The van der Waals surface area contributed by atoms with Crippen LogP contribution in [-0.4, -0.2) is 16.6 Å². The molecule has 106 valence electrons. The highest BCUT2D eigenvalue weighted by Crippen LogP contribution is 2.39. The van der Waals surface area contributed by atoms with Gasteiger partial charge in [-0.05, 0) is 49.7 Å². The predicted molar refractivity (Wildman–Crippen MR) is 78.4 cm³/mol. The first kappa shape index (κ1) is 13.3. The summed E-state index contributed by atoms with van der Waals surface area (Å²) < 4.78 is 0. The molecule has 1 aromatic rings. The quantitative estimate of drug-likeness (QED) is 0.840. The molecule has 0 aromatic carbocycles. The maximum Gasteiger partial charge on any atom is 0.271 e. The lowest BCUT2D eigenvalue weighted by Crippen LogP contribution is -2.29. The molecule has 0 aliphatic heterocycles. The van der Waals surface area contributed by atoms with Crippen molar-refractivity contribution in [3.8, 4) is 0 Å². The highest BCUT2D eigenvalue weighted by Gasteiger charge is 2.30. The van der Waals surface area contributed by atoms with Gasteiger partial charge in [-0.15, -0.1) is 0 Å². The van der Waals surface area contributed by atoms with E-state index in [1.807, 2.05) is 0 Å². The van der Waals surface area contributed by atoms with E-state index in [1.165, 1.54) is 32.1 Å². The Kier molecular flexibility index (Phi) is 4.09. The number of carbonyl (C=O) groups is 1. The molecular formula is C16H21N3O. The number of hydrogen-bond acceptors (Lipinski definition) is 3. The van der Waals surface area contributed by atoms with E-state index >= 15 is 0 Å². The van der Waals surface area contributed by atoms with Crippen LogP contribution in [0.4, 0.5) is 0 Å². The van der Waals surface area contributed by atoms with Crippen molar-refractivity contribution in [3.05, 3.63) is 30.1 Å². The molecule has 0 radical (unpaired) electrons. The molecule has 1 aromatic heterocycles. The van der Waals surface area contributed by atoms with Gasteiger partial charge in [0.1, 0.15) is 0 Å². The van der Waals surface area contributed by atoms with Crippen LogP contribution < -0.4 is 5.43 Å². The van der Waals surface area contributed by atoms with E-state index in [0.717, 1.165) is 30.4 Å². The van der Waals surface area contributed by atoms with Gasteiger partial charge in [-0.1, -0.05) is 19.3 Å². The van der Waals surface area contributed by atoms with Crippen LogP contribution in [0.1, 0.15) is 55.3 Å². The molecule has 2 aliphatic rings. The molecule has 0 bridgehead atoms. The van der Waals surface area contributed by atoms with Crippen LogP contribution in [0.15, 0.2) is 29.6 Å². The summed E-state index contributed by atoms with van der Waals surface area (Å²) in [4.78, 5) is 15.8. The van der Waals surface area contributed by atoms with Crippen molar-refractivity contribution in [1.29, 1.82) is 0 Å². The van der Waals surface area contributed by atoms with Crippen LogP contribution in [0.2, 0.25) is 0 Å². The van der Waals surface area contributed by atoms with Gasteiger partial charge < -0.3 is 0 Å². The first-order valence-corrected chi connectivity index (χ1v) is 7.59. The van der Waals surface area contributed by atoms with Gasteiger partial charge in [0.25, 0.3) is 5.91 Å². The van der Waals surface area contributed by atoms with Crippen molar-refractivity contribution in [2.75, 3.05) is 0 Å². The fourth-order valence-corrected chi connectivity index (χ4v) is 3.49. The van der Waals surface area contributed by atoms with Gasteiger partial charge in [0, 0.05) is 23.7 Å². The summed E-state index contributed by atoms with van der Waals surface area (Å²) in [5.41, 5.74) is 4.46. The smallest absolute Gasteiger partial charge is 0.267 e. The SMILES string of the molecule is O=C(N/N=C1/CC[C@H]2CCCC[C@@H]2C1)c1ccncc1. The number of rotatable bonds is 2. The monoisotopic (exact) mass is 271 g/mol. The number of nitrogens with zero attached hydrogens (tertiary/aromatic N) is 2. The molecule has 0 spiro atoms. The van der Waals surface area contributed by atoms with Crippen LogP contribution >= 0.6 is 0 Å². The summed E-state index contributed by atoms with van der Waals surface area (Å²) in [6.07, 6.45) is 12.1. The van der Waals surface area contributed by atoms with E-state index < -0.39 is 0 Å². The maximum atomic E-state index is 11.9. The van der Waals surface area contributed by atoms with Gasteiger partial charge in [-0.2, -0.15) is 5.10 Å². The second kappa shape index (κ2) is 6.16. The summed E-state index contributed by atoms with van der Waals surface area (Å²) in [5.74, 6) is 1.55. The zero-order valence-corrected chi connectivity index (χ0v) is 11.7. The molecule has 3 rings (SSSR count). The Morgan fingerprint density at radius 1 is 1.15 bits per heavy atom. The van der Waals surface area contributed by atoms with E-state index in [-0.39, 0.29) is 5.91 Å². The third-order valence-electron chi connectivity index (χ3n) is 4.63. The molecule has 4 heteroatoms. The summed E-state index contributed by atoms with van der Waals surface area (Å²) in [5, 5.41) is 4.35. The first-order valence-electron chi connectivity index (χ1n) is 7.59. The zero-order chi connectivity index (χ0) is 13.8. The molecule has 1 amide bonds. The van der Waals surface area contributed by atoms with Crippen LogP contribution in [0.25, 0.3) is 0 Å². The second-order valence-electron chi connectivity index (χ2n) is 5.90. The van der Waals surface area contributed by atoms with Crippen molar-refractivity contribution < 1.29 is 4.79 Å². The van der Waals surface area contributed by atoms with Crippen molar-refractivity contribution in [2.24, 2.45) is 16.9 Å². The Bertz CT molecular complexity index is 498. The van der Waals surface area contributed by atoms with Gasteiger partial charge in [0.2, 0.25) is 0 Å². The van der Waals surface area contributed by atoms with Crippen molar-refractivity contribution in [3.63, 3.8) is 0 Å². The topological polar surface area (TPSA) is 54.4 Å². The number of carbonyl (C=O) groups excluding carboxylic acids is 1. The number of hydrogen-bond donors (Lipinski definition) is 1. The highest BCUT2D eigenvalue weighted by molar-refractivity contribution is 5.95. The number of pyridine rings is 1. The van der Waals surface area contributed by atoms with Gasteiger partial charge in [0.05, 0.1) is 0 Å². The molecule has 2 atom stereocenters. The number of fused-ring (bicyclic) bond motifs is 1. The van der Waals surface area contributed by atoms with Crippen LogP contribution in [0.3, 0.4) is 0 Å². The third-order valence-corrected chi connectivity index (χ3v) is 4.63. The Labute approximate surface area is 119 Å². The average molecular weight is 271 g/mol. The summed E-state index contributed by atoms with van der Waals surface area (Å²) >= 11 is 0. The zero-order valence-electron chi connectivity index (χ0n) is 11.7. The minimum Gasteiger partial charge on any atom is -0.267 e. The molecule has 2 saturated carbocycles. The predicted octanol–water partition coefficient (Wildman–Crippen LogP) is 3.16. The van der Waals surface area contributed by atoms with E-state index in [4.69, 9.17) is 0 Å². The molecule has 4 nitrogen and oxygen atoms in total. The fourth-order valence-electron chi connectivity index (χ4n) is 3.49. The standard InChI is InChI=1S/C16H21N3O/c20-16(13-7-9-17-10-8-13)19-18-15-6-5-12-3-1-2-4-14(12)11-15/h7-10,12,14H,1-6,11H2,(H,19,20)/b18-15-/t12-,14-/m1/s1. The Morgan fingerprint density at radius 3 is 2.70 bits per heavy atom. The number of amides is 1. The lowest BCUT2D eigenvalue weighted by molar-refractivity contribution is 0.0954. The molecule has 1 heterocycles. The largest absolute Gasteiger partial charge is 0.271 e. The van der Waals surface area contributed by atoms with E-state index in [0.29, 0.717) is 5.56 Å². The molecule has 20 heavy (non-hydrogen) atoms. The van der Waals surface area contributed by atoms with Gasteiger partial charge in [-0.3, -0.25) is 9.78 Å². The van der Waals surface area contributed by atoms with E-state index in [2.05, 4.69) is 15.5 Å². The summed E-state index contributed by atoms with van der Waals surface area (Å²) in [7, 11) is 0. The summed E-state index contributed by atoms with van der Waals surface area (Å²) in [6, 6.07) is 3.40. The van der Waals surface area contributed by atoms with Gasteiger partial charge in [-0.25, -0.2) is 5.43 Å². The Balaban J connectivity index is 1.58. The Hall–Kier alpha value is -1.71. The van der Waals surface area contributed by atoms with Crippen LogP contribution in [0, 0.1) is 11.8 Å². The summed E-state index contributed by atoms with van der Waals surface area (Å²) in [6.45, 7) is 0. The van der Waals surface area contributed by atoms with Gasteiger partial charge in [0.15, 0.2) is 0 Å². The van der Waals surface area contributed by atoms with Crippen molar-refractivity contribution >= 4 is 11.6 Å². The number of aromatic nitrogens is 1. The molecule has 2 fully saturated rings. The highest BCUT2D eigenvalue weighted by atomic mass is 16.2. The minimum absolute atomic E-state index is 0.148. The molecule has 2 aliphatic carbocycles.